The molecule has 18 heavy (non-hydrogen) atoms. The van der Waals surface area contributed by atoms with Gasteiger partial charge in [0.15, 0.2) is 0 Å². The zero-order valence-corrected chi connectivity index (χ0v) is 10.4. The van der Waals surface area contributed by atoms with Gasteiger partial charge in [-0.1, -0.05) is 23.7 Å². The van der Waals surface area contributed by atoms with E-state index in [0.29, 0.717) is 16.3 Å². The summed E-state index contributed by atoms with van der Waals surface area (Å²) >= 11 is 5.82. The predicted molar refractivity (Wildman–Crippen MR) is 70.6 cm³/mol. The smallest absolute Gasteiger partial charge is 0.146 e. The molecule has 1 N–H and O–H groups in total. The summed E-state index contributed by atoms with van der Waals surface area (Å²) in [6.07, 6.45) is 0. The summed E-state index contributed by atoms with van der Waals surface area (Å²) in [6, 6.07) is 11.6. The SMILES string of the molecule is Cc1cccc(C#N)c1Nc1cc(Cl)ccc1F. The molecule has 2 aromatic rings. The van der Waals surface area contributed by atoms with E-state index < -0.39 is 5.82 Å². The highest BCUT2D eigenvalue weighted by Gasteiger charge is 2.08. The van der Waals surface area contributed by atoms with Gasteiger partial charge in [-0.15, -0.1) is 0 Å². The van der Waals surface area contributed by atoms with Crippen LogP contribution in [0, 0.1) is 24.1 Å². The number of halogens is 2. The number of benzene rings is 2. The number of nitrogens with zero attached hydrogens (tertiary/aromatic N) is 1. The number of nitriles is 1. The third-order valence-corrected chi connectivity index (χ3v) is 2.82. The lowest BCUT2D eigenvalue weighted by Gasteiger charge is -2.12. The molecule has 0 spiro atoms. The standard InChI is InChI=1S/C14H10ClFN2/c1-9-3-2-4-10(8-17)14(9)18-13-7-11(15)5-6-12(13)16/h2-7,18H,1H3. The maximum Gasteiger partial charge on any atom is 0.146 e. The molecule has 0 amide bonds. The Labute approximate surface area is 110 Å². The fourth-order valence-corrected chi connectivity index (χ4v) is 1.83. The lowest BCUT2D eigenvalue weighted by atomic mass is 10.1. The molecule has 0 aliphatic rings. The van der Waals surface area contributed by atoms with Crippen molar-refractivity contribution in [2.75, 3.05) is 5.32 Å². The average molecular weight is 261 g/mol. The van der Waals surface area contributed by atoms with Gasteiger partial charge >= 0.3 is 0 Å². The molecule has 0 unspecified atom stereocenters. The van der Waals surface area contributed by atoms with Crippen molar-refractivity contribution < 1.29 is 4.39 Å². The van der Waals surface area contributed by atoms with E-state index in [-0.39, 0.29) is 5.69 Å². The van der Waals surface area contributed by atoms with E-state index in [4.69, 9.17) is 16.9 Å². The Morgan fingerprint density at radius 3 is 2.78 bits per heavy atom. The maximum absolute atomic E-state index is 13.6. The normalized spacial score (nSPS) is 9.89. The number of anilines is 2. The van der Waals surface area contributed by atoms with Gasteiger partial charge in [0.05, 0.1) is 16.9 Å². The minimum absolute atomic E-state index is 0.258. The maximum atomic E-state index is 13.6. The number of hydrogen-bond donors (Lipinski definition) is 1. The summed E-state index contributed by atoms with van der Waals surface area (Å²) in [5.74, 6) is -0.411. The zero-order chi connectivity index (χ0) is 13.1. The molecule has 90 valence electrons. The predicted octanol–water partition coefficient (Wildman–Crippen LogP) is 4.40. The summed E-state index contributed by atoms with van der Waals surface area (Å²) in [5, 5.41) is 12.4. The van der Waals surface area contributed by atoms with Crippen LogP contribution in [-0.4, -0.2) is 0 Å². The topological polar surface area (TPSA) is 35.8 Å². The van der Waals surface area contributed by atoms with Crippen LogP contribution in [0.3, 0.4) is 0 Å². The third-order valence-electron chi connectivity index (χ3n) is 2.58. The van der Waals surface area contributed by atoms with Crippen molar-refractivity contribution in [1.82, 2.24) is 0 Å². The van der Waals surface area contributed by atoms with Gasteiger partial charge in [0.2, 0.25) is 0 Å². The van der Waals surface area contributed by atoms with Crippen LogP contribution in [0.4, 0.5) is 15.8 Å². The molecular weight excluding hydrogens is 251 g/mol. The Morgan fingerprint density at radius 1 is 1.28 bits per heavy atom. The molecule has 0 radical (unpaired) electrons. The third kappa shape index (κ3) is 2.44. The number of para-hydroxylation sites is 1. The summed E-state index contributed by atoms with van der Waals surface area (Å²) in [6.45, 7) is 1.85. The van der Waals surface area contributed by atoms with Crippen LogP contribution in [0.5, 0.6) is 0 Å². The van der Waals surface area contributed by atoms with E-state index in [2.05, 4.69) is 11.4 Å². The van der Waals surface area contributed by atoms with Crippen molar-refractivity contribution in [3.8, 4) is 6.07 Å². The van der Waals surface area contributed by atoms with Gasteiger partial charge in [-0.3, -0.25) is 0 Å². The van der Waals surface area contributed by atoms with Crippen molar-refractivity contribution in [1.29, 1.82) is 5.26 Å². The molecule has 0 aliphatic carbocycles. The minimum atomic E-state index is -0.411. The van der Waals surface area contributed by atoms with Crippen molar-refractivity contribution in [2.45, 2.75) is 6.92 Å². The summed E-state index contributed by atoms with van der Waals surface area (Å²) < 4.78 is 13.6. The summed E-state index contributed by atoms with van der Waals surface area (Å²) in [4.78, 5) is 0. The fourth-order valence-electron chi connectivity index (χ4n) is 1.65. The van der Waals surface area contributed by atoms with Gasteiger partial charge < -0.3 is 5.32 Å². The molecule has 0 aromatic heterocycles. The summed E-state index contributed by atoms with van der Waals surface area (Å²) in [5.41, 5.74) is 2.19. The largest absolute Gasteiger partial charge is 0.352 e. The molecule has 4 heteroatoms. The Balaban J connectivity index is 2.46. The molecule has 2 rings (SSSR count). The van der Waals surface area contributed by atoms with Crippen LogP contribution in [0.2, 0.25) is 5.02 Å². The van der Waals surface area contributed by atoms with Gasteiger partial charge in [-0.25, -0.2) is 4.39 Å². The van der Waals surface area contributed by atoms with Gasteiger partial charge in [0.1, 0.15) is 11.9 Å². The first-order valence-electron chi connectivity index (χ1n) is 5.33. The monoisotopic (exact) mass is 260 g/mol. The molecule has 2 nitrogen and oxygen atoms in total. The Bertz CT molecular complexity index is 632. The van der Waals surface area contributed by atoms with Crippen molar-refractivity contribution >= 4 is 23.0 Å². The first-order valence-corrected chi connectivity index (χ1v) is 5.71. The molecule has 2 aromatic carbocycles. The van der Waals surface area contributed by atoms with Crippen molar-refractivity contribution in [3.05, 3.63) is 58.4 Å². The van der Waals surface area contributed by atoms with E-state index in [1.54, 1.807) is 12.1 Å². The number of nitrogens with one attached hydrogen (secondary N) is 1. The van der Waals surface area contributed by atoms with Gasteiger partial charge in [-0.05, 0) is 36.8 Å². The van der Waals surface area contributed by atoms with Crippen LogP contribution in [0.1, 0.15) is 11.1 Å². The summed E-state index contributed by atoms with van der Waals surface area (Å²) in [7, 11) is 0. The molecule has 0 saturated carbocycles. The van der Waals surface area contributed by atoms with E-state index in [1.165, 1.54) is 18.2 Å². The molecule has 0 saturated heterocycles. The van der Waals surface area contributed by atoms with E-state index in [0.717, 1.165) is 5.56 Å². The molecule has 0 bridgehead atoms. The van der Waals surface area contributed by atoms with E-state index in [1.807, 2.05) is 13.0 Å². The average Bonchev–Trinajstić information content (AvgIpc) is 2.36. The Kier molecular flexibility index (Phi) is 3.50. The highest BCUT2D eigenvalue weighted by molar-refractivity contribution is 6.30. The minimum Gasteiger partial charge on any atom is -0.352 e. The van der Waals surface area contributed by atoms with Crippen molar-refractivity contribution in [3.63, 3.8) is 0 Å². The van der Waals surface area contributed by atoms with Gasteiger partial charge in [0.25, 0.3) is 0 Å². The molecule has 0 heterocycles. The number of aryl methyl sites for hydroxylation is 1. The van der Waals surface area contributed by atoms with E-state index in [9.17, 15) is 4.39 Å². The molecule has 0 aliphatic heterocycles. The first kappa shape index (κ1) is 12.4. The zero-order valence-electron chi connectivity index (χ0n) is 9.67. The van der Waals surface area contributed by atoms with Crippen molar-refractivity contribution in [2.24, 2.45) is 0 Å². The van der Waals surface area contributed by atoms with Gasteiger partial charge in [0, 0.05) is 5.02 Å². The second-order valence-corrected chi connectivity index (χ2v) is 4.29. The second-order valence-electron chi connectivity index (χ2n) is 3.86. The lowest BCUT2D eigenvalue weighted by molar-refractivity contribution is 0.632. The van der Waals surface area contributed by atoms with Gasteiger partial charge in [-0.2, -0.15) is 5.26 Å². The number of rotatable bonds is 2. The lowest BCUT2D eigenvalue weighted by Crippen LogP contribution is -1.98. The highest BCUT2D eigenvalue weighted by atomic mass is 35.5. The van der Waals surface area contributed by atoms with Crippen LogP contribution in [0.25, 0.3) is 0 Å². The highest BCUT2D eigenvalue weighted by Crippen LogP contribution is 2.27. The Hall–Kier alpha value is -2.05. The second kappa shape index (κ2) is 5.07. The molecule has 0 fully saturated rings. The molecule has 0 atom stereocenters. The van der Waals surface area contributed by atoms with E-state index >= 15 is 0 Å². The number of hydrogen-bond acceptors (Lipinski definition) is 2. The van der Waals surface area contributed by atoms with Crippen LogP contribution < -0.4 is 5.32 Å². The quantitative estimate of drug-likeness (QED) is 0.869. The van der Waals surface area contributed by atoms with Crippen LogP contribution in [0.15, 0.2) is 36.4 Å². The Morgan fingerprint density at radius 2 is 2.06 bits per heavy atom. The first-order chi connectivity index (χ1) is 8.61. The van der Waals surface area contributed by atoms with Crippen LogP contribution in [-0.2, 0) is 0 Å². The molecular formula is C14H10ClFN2. The van der Waals surface area contributed by atoms with Crippen LogP contribution >= 0.6 is 11.6 Å². The fraction of sp³-hybridized carbons (Fsp3) is 0.0714.